The van der Waals surface area contributed by atoms with E-state index in [2.05, 4.69) is 20.6 Å². The second-order valence-electron chi connectivity index (χ2n) is 5.61. The molecule has 0 aliphatic heterocycles. The summed E-state index contributed by atoms with van der Waals surface area (Å²) in [5.41, 5.74) is 1.14. The predicted octanol–water partition coefficient (Wildman–Crippen LogP) is 0.224. The highest BCUT2D eigenvalue weighted by Gasteiger charge is 2.09. The van der Waals surface area contributed by atoms with Crippen molar-refractivity contribution in [3.8, 4) is 0 Å². The lowest BCUT2D eigenvalue weighted by Gasteiger charge is -2.08. The van der Waals surface area contributed by atoms with Gasteiger partial charge < -0.3 is 10.6 Å². The topological polar surface area (TPSA) is 106 Å². The minimum absolute atomic E-state index is 0.172. The van der Waals surface area contributed by atoms with Crippen LogP contribution in [0.5, 0.6) is 0 Å². The summed E-state index contributed by atoms with van der Waals surface area (Å²) in [6, 6.07) is 10.5. The maximum Gasteiger partial charge on any atom is 0.261 e. The summed E-state index contributed by atoms with van der Waals surface area (Å²) in [4.78, 5) is 44.2. The fraction of sp³-hybridized carbons (Fsp3) is 0.167. The van der Waals surface area contributed by atoms with Crippen LogP contribution in [0.2, 0.25) is 0 Å². The summed E-state index contributed by atoms with van der Waals surface area (Å²) in [6.45, 7) is -0.0436. The Labute approximate surface area is 148 Å². The standard InChI is InChI=1S/C18H17N5O3/c24-16(20-9-13-4-3-7-19-8-13)10-21-17(25)11-23-12-22-15-6-2-1-5-14(15)18(23)26/h1-8,12H,9-11H2,(H,20,24)(H,21,25). The van der Waals surface area contributed by atoms with Crippen molar-refractivity contribution in [3.63, 3.8) is 0 Å². The first-order valence-corrected chi connectivity index (χ1v) is 8.00. The molecule has 0 spiro atoms. The molecule has 0 saturated carbocycles. The molecule has 0 bridgehead atoms. The molecule has 8 heteroatoms. The van der Waals surface area contributed by atoms with Crippen molar-refractivity contribution >= 4 is 22.7 Å². The van der Waals surface area contributed by atoms with Crippen molar-refractivity contribution < 1.29 is 9.59 Å². The number of pyridine rings is 1. The van der Waals surface area contributed by atoms with Crippen LogP contribution >= 0.6 is 0 Å². The third-order valence-electron chi connectivity index (χ3n) is 3.70. The minimum atomic E-state index is -0.444. The zero-order valence-corrected chi connectivity index (χ0v) is 13.9. The Morgan fingerprint density at radius 1 is 1.04 bits per heavy atom. The molecule has 3 aromatic rings. The first kappa shape index (κ1) is 17.3. The number of fused-ring (bicyclic) bond motifs is 1. The maximum atomic E-state index is 12.3. The molecule has 2 heterocycles. The first-order chi connectivity index (χ1) is 12.6. The quantitative estimate of drug-likeness (QED) is 0.661. The van der Waals surface area contributed by atoms with Crippen LogP contribution in [0.25, 0.3) is 10.9 Å². The summed E-state index contributed by atoms with van der Waals surface area (Å²) in [6.07, 6.45) is 4.62. The van der Waals surface area contributed by atoms with E-state index in [-0.39, 0.29) is 24.6 Å². The number of hydrogen-bond donors (Lipinski definition) is 2. The van der Waals surface area contributed by atoms with Gasteiger partial charge in [-0.2, -0.15) is 0 Å². The van der Waals surface area contributed by atoms with Crippen molar-refractivity contribution in [1.82, 2.24) is 25.2 Å². The number of nitrogens with one attached hydrogen (secondary N) is 2. The summed E-state index contributed by atoms with van der Waals surface area (Å²) in [5, 5.41) is 5.61. The van der Waals surface area contributed by atoms with Crippen molar-refractivity contribution in [3.05, 3.63) is 71.0 Å². The van der Waals surface area contributed by atoms with Crippen LogP contribution in [0.1, 0.15) is 5.56 Å². The number of benzene rings is 1. The molecule has 0 saturated heterocycles. The van der Waals surface area contributed by atoms with Crippen LogP contribution in [0.15, 0.2) is 59.9 Å². The third-order valence-corrected chi connectivity index (χ3v) is 3.70. The summed E-state index contributed by atoms with van der Waals surface area (Å²) in [7, 11) is 0. The lowest BCUT2D eigenvalue weighted by atomic mass is 10.2. The molecule has 132 valence electrons. The van der Waals surface area contributed by atoms with E-state index in [1.807, 2.05) is 6.07 Å². The van der Waals surface area contributed by atoms with Crippen LogP contribution in [0.4, 0.5) is 0 Å². The van der Waals surface area contributed by atoms with E-state index in [0.29, 0.717) is 17.4 Å². The molecular formula is C18H17N5O3. The molecule has 2 N–H and O–H groups in total. The zero-order valence-electron chi connectivity index (χ0n) is 13.9. The molecule has 0 aliphatic carbocycles. The molecule has 0 radical (unpaired) electrons. The number of rotatable bonds is 6. The minimum Gasteiger partial charge on any atom is -0.350 e. The maximum absolute atomic E-state index is 12.3. The number of hydrogen-bond acceptors (Lipinski definition) is 5. The molecule has 1 aromatic carbocycles. The van der Waals surface area contributed by atoms with Crippen molar-refractivity contribution in [2.45, 2.75) is 13.1 Å². The SMILES string of the molecule is O=C(CNC(=O)Cn1cnc2ccccc2c1=O)NCc1cccnc1. The van der Waals surface area contributed by atoms with E-state index in [0.717, 1.165) is 5.56 Å². The highest BCUT2D eigenvalue weighted by Crippen LogP contribution is 2.04. The second-order valence-corrected chi connectivity index (χ2v) is 5.61. The van der Waals surface area contributed by atoms with Gasteiger partial charge in [0.1, 0.15) is 6.54 Å². The van der Waals surface area contributed by atoms with Crippen molar-refractivity contribution in [2.24, 2.45) is 0 Å². The van der Waals surface area contributed by atoms with Gasteiger partial charge in [-0.05, 0) is 23.8 Å². The molecule has 2 amide bonds. The lowest BCUT2D eigenvalue weighted by molar-refractivity contribution is -0.126. The van der Waals surface area contributed by atoms with Gasteiger partial charge in [-0.1, -0.05) is 18.2 Å². The lowest BCUT2D eigenvalue weighted by Crippen LogP contribution is -2.39. The van der Waals surface area contributed by atoms with E-state index < -0.39 is 5.91 Å². The number of amides is 2. The Morgan fingerprint density at radius 3 is 2.69 bits per heavy atom. The van der Waals surface area contributed by atoms with Gasteiger partial charge in [0.25, 0.3) is 5.56 Å². The van der Waals surface area contributed by atoms with Crippen LogP contribution < -0.4 is 16.2 Å². The Balaban J connectivity index is 1.52. The second kappa shape index (κ2) is 8.02. The average molecular weight is 351 g/mol. The Hall–Kier alpha value is -3.55. The van der Waals surface area contributed by atoms with E-state index in [9.17, 15) is 14.4 Å². The smallest absolute Gasteiger partial charge is 0.261 e. The molecule has 0 aliphatic rings. The van der Waals surface area contributed by atoms with Gasteiger partial charge in [0, 0.05) is 18.9 Å². The summed E-state index contributed by atoms with van der Waals surface area (Å²) >= 11 is 0. The molecule has 0 atom stereocenters. The van der Waals surface area contributed by atoms with Gasteiger partial charge in [-0.3, -0.25) is 23.9 Å². The van der Waals surface area contributed by atoms with E-state index in [1.165, 1.54) is 10.9 Å². The van der Waals surface area contributed by atoms with Gasteiger partial charge in [-0.15, -0.1) is 0 Å². The van der Waals surface area contributed by atoms with Crippen LogP contribution in [-0.2, 0) is 22.7 Å². The summed E-state index contributed by atoms with van der Waals surface area (Å²) in [5.74, 6) is -0.771. The summed E-state index contributed by atoms with van der Waals surface area (Å²) < 4.78 is 1.21. The highest BCUT2D eigenvalue weighted by molar-refractivity contribution is 5.84. The Kier molecular flexibility index (Phi) is 5.33. The van der Waals surface area contributed by atoms with Gasteiger partial charge in [0.05, 0.1) is 23.8 Å². The van der Waals surface area contributed by atoms with Crippen molar-refractivity contribution in [2.75, 3.05) is 6.54 Å². The van der Waals surface area contributed by atoms with Crippen LogP contribution in [0.3, 0.4) is 0 Å². The first-order valence-electron chi connectivity index (χ1n) is 8.00. The van der Waals surface area contributed by atoms with Gasteiger partial charge in [0.2, 0.25) is 11.8 Å². The van der Waals surface area contributed by atoms with E-state index in [4.69, 9.17) is 0 Å². The molecule has 2 aromatic heterocycles. The number of aromatic nitrogens is 3. The zero-order chi connectivity index (χ0) is 18.4. The third kappa shape index (κ3) is 4.29. The average Bonchev–Trinajstić information content (AvgIpc) is 2.68. The molecule has 8 nitrogen and oxygen atoms in total. The molecule has 26 heavy (non-hydrogen) atoms. The molecular weight excluding hydrogens is 334 g/mol. The Morgan fingerprint density at radius 2 is 1.88 bits per heavy atom. The molecule has 3 rings (SSSR count). The van der Waals surface area contributed by atoms with Crippen LogP contribution in [0, 0.1) is 0 Å². The van der Waals surface area contributed by atoms with Gasteiger partial charge in [-0.25, -0.2) is 4.98 Å². The molecule has 0 fully saturated rings. The van der Waals surface area contributed by atoms with Crippen molar-refractivity contribution in [1.29, 1.82) is 0 Å². The van der Waals surface area contributed by atoms with Gasteiger partial charge in [0.15, 0.2) is 0 Å². The predicted molar refractivity (Wildman–Crippen MR) is 95.1 cm³/mol. The number of carbonyl (C=O) groups is 2. The van der Waals surface area contributed by atoms with E-state index in [1.54, 1.807) is 42.7 Å². The van der Waals surface area contributed by atoms with Crippen LogP contribution in [-0.4, -0.2) is 32.9 Å². The largest absolute Gasteiger partial charge is 0.350 e. The monoisotopic (exact) mass is 351 g/mol. The number of nitrogens with zero attached hydrogens (tertiary/aromatic N) is 3. The fourth-order valence-electron chi connectivity index (χ4n) is 2.37. The van der Waals surface area contributed by atoms with Gasteiger partial charge >= 0.3 is 0 Å². The normalized spacial score (nSPS) is 10.5. The van der Waals surface area contributed by atoms with E-state index >= 15 is 0 Å². The number of carbonyl (C=O) groups excluding carboxylic acids is 2. The number of para-hydroxylation sites is 1. The highest BCUT2D eigenvalue weighted by atomic mass is 16.2. The molecule has 0 unspecified atom stereocenters. The Bertz CT molecular complexity index is 985. The fourth-order valence-corrected chi connectivity index (χ4v) is 2.37.